The second kappa shape index (κ2) is 6.16. The van der Waals surface area contributed by atoms with Crippen LogP contribution in [0.5, 0.6) is 23.0 Å². The number of aromatic hydroxyl groups is 1. The van der Waals surface area contributed by atoms with Gasteiger partial charge in [-0.1, -0.05) is 0 Å². The topological polar surface area (TPSA) is 77.0 Å². The Morgan fingerprint density at radius 1 is 1.00 bits per heavy atom. The van der Waals surface area contributed by atoms with Gasteiger partial charge in [0.15, 0.2) is 11.5 Å². The summed E-state index contributed by atoms with van der Waals surface area (Å²) >= 11 is 0. The molecule has 6 heteroatoms. The van der Waals surface area contributed by atoms with Crippen LogP contribution in [-0.4, -0.2) is 32.3 Å². The van der Waals surface area contributed by atoms with E-state index in [1.165, 1.54) is 27.4 Å². The highest BCUT2D eigenvalue weighted by Crippen LogP contribution is 2.41. The summed E-state index contributed by atoms with van der Waals surface area (Å²) in [4.78, 5) is 12.3. The molecule has 0 saturated carbocycles. The Kier molecular flexibility index (Phi) is 4.04. The maximum absolute atomic E-state index is 12.3. The van der Waals surface area contributed by atoms with Gasteiger partial charge in [-0.05, 0) is 30.3 Å². The fourth-order valence-electron chi connectivity index (χ4n) is 2.59. The van der Waals surface area contributed by atoms with Gasteiger partial charge in [0, 0.05) is 22.8 Å². The zero-order valence-corrected chi connectivity index (χ0v) is 13.5. The third-order valence-corrected chi connectivity index (χ3v) is 3.84. The fraction of sp³-hybridized carbons (Fsp3) is 0.167. The largest absolute Gasteiger partial charge is 0.507 e. The van der Waals surface area contributed by atoms with E-state index in [4.69, 9.17) is 14.2 Å². The molecule has 0 aliphatic carbocycles. The van der Waals surface area contributed by atoms with E-state index in [9.17, 15) is 9.90 Å². The van der Waals surface area contributed by atoms with Crippen LogP contribution in [-0.2, 0) is 4.79 Å². The molecule has 6 nitrogen and oxygen atoms in total. The third-order valence-electron chi connectivity index (χ3n) is 3.84. The Bertz CT molecular complexity index is 842. The van der Waals surface area contributed by atoms with Crippen LogP contribution in [0.25, 0.3) is 11.6 Å². The van der Waals surface area contributed by atoms with E-state index in [-0.39, 0.29) is 11.7 Å². The molecule has 1 aliphatic rings. The molecular weight excluding hydrogens is 310 g/mol. The predicted molar refractivity (Wildman–Crippen MR) is 90.7 cm³/mol. The van der Waals surface area contributed by atoms with E-state index in [1.54, 1.807) is 30.3 Å². The molecule has 0 bridgehead atoms. The Morgan fingerprint density at radius 3 is 2.38 bits per heavy atom. The summed E-state index contributed by atoms with van der Waals surface area (Å²) in [6.07, 6.45) is 1.62. The molecule has 24 heavy (non-hydrogen) atoms. The van der Waals surface area contributed by atoms with E-state index < -0.39 is 0 Å². The number of nitrogens with one attached hydrogen (secondary N) is 1. The maximum Gasteiger partial charge on any atom is 0.256 e. The van der Waals surface area contributed by atoms with Crippen LogP contribution in [0.1, 0.15) is 11.1 Å². The predicted octanol–water partition coefficient (Wildman–Crippen LogP) is 2.91. The summed E-state index contributed by atoms with van der Waals surface area (Å²) in [7, 11) is 4.61. The molecule has 1 aliphatic heterocycles. The molecule has 0 saturated heterocycles. The van der Waals surface area contributed by atoms with Gasteiger partial charge < -0.3 is 24.6 Å². The highest BCUT2D eigenvalue weighted by molar-refractivity contribution is 6.35. The van der Waals surface area contributed by atoms with E-state index in [0.29, 0.717) is 39.6 Å². The number of fused-ring (bicyclic) bond motifs is 1. The van der Waals surface area contributed by atoms with Crippen molar-refractivity contribution in [1.29, 1.82) is 0 Å². The second-order valence-electron chi connectivity index (χ2n) is 5.19. The number of carbonyl (C=O) groups is 1. The number of rotatable bonds is 4. The zero-order valence-electron chi connectivity index (χ0n) is 13.5. The molecule has 2 aromatic carbocycles. The monoisotopic (exact) mass is 327 g/mol. The number of ether oxygens (including phenoxy) is 3. The summed E-state index contributed by atoms with van der Waals surface area (Å²) in [6.45, 7) is 0. The van der Waals surface area contributed by atoms with Crippen molar-refractivity contribution < 1.29 is 24.1 Å². The standard InChI is InChI=1S/C18H17NO5/c1-22-11-4-5-15(20)10(6-11)7-13-12-8-16(23-2)17(24-3)9-14(12)19-18(13)21/h4-9,20H,1-3H3,(H,19,21)/b13-7+. The van der Waals surface area contributed by atoms with Crippen LogP contribution in [0.3, 0.4) is 0 Å². The lowest BCUT2D eigenvalue weighted by atomic mass is 10.0. The first-order valence-electron chi connectivity index (χ1n) is 7.23. The molecule has 124 valence electrons. The fourth-order valence-corrected chi connectivity index (χ4v) is 2.59. The van der Waals surface area contributed by atoms with Gasteiger partial charge in [-0.2, -0.15) is 0 Å². The zero-order chi connectivity index (χ0) is 17.3. The number of phenols is 1. The van der Waals surface area contributed by atoms with Crippen LogP contribution < -0.4 is 19.5 Å². The van der Waals surface area contributed by atoms with Crippen molar-refractivity contribution in [1.82, 2.24) is 0 Å². The number of hydrogen-bond donors (Lipinski definition) is 2. The van der Waals surface area contributed by atoms with Gasteiger partial charge in [-0.3, -0.25) is 4.79 Å². The lowest BCUT2D eigenvalue weighted by Crippen LogP contribution is -2.03. The molecule has 1 amide bonds. The Labute approximate surface area is 139 Å². The number of anilines is 1. The van der Waals surface area contributed by atoms with Crippen LogP contribution in [0.2, 0.25) is 0 Å². The molecule has 0 spiro atoms. The highest BCUT2D eigenvalue weighted by Gasteiger charge is 2.27. The first-order valence-corrected chi connectivity index (χ1v) is 7.23. The minimum absolute atomic E-state index is 0.0602. The van der Waals surface area contributed by atoms with Crippen molar-refractivity contribution >= 4 is 23.2 Å². The SMILES string of the molecule is COc1ccc(O)c(/C=C2/C(=O)Nc3cc(OC)c(OC)cc32)c1. The average molecular weight is 327 g/mol. The molecular formula is C18H17NO5. The molecule has 1 heterocycles. The van der Waals surface area contributed by atoms with Gasteiger partial charge in [0.05, 0.1) is 27.0 Å². The third kappa shape index (κ3) is 2.62. The van der Waals surface area contributed by atoms with Crippen molar-refractivity contribution in [2.75, 3.05) is 26.6 Å². The molecule has 0 unspecified atom stereocenters. The van der Waals surface area contributed by atoms with Gasteiger partial charge >= 0.3 is 0 Å². The number of benzene rings is 2. The number of amides is 1. The van der Waals surface area contributed by atoms with E-state index in [2.05, 4.69) is 5.32 Å². The molecule has 2 aromatic rings. The lowest BCUT2D eigenvalue weighted by Gasteiger charge is -2.09. The average Bonchev–Trinajstić information content (AvgIpc) is 2.90. The van der Waals surface area contributed by atoms with Crippen LogP contribution in [0, 0.1) is 0 Å². The smallest absolute Gasteiger partial charge is 0.256 e. The Hall–Kier alpha value is -3.15. The molecule has 2 N–H and O–H groups in total. The Morgan fingerprint density at radius 2 is 1.71 bits per heavy atom. The van der Waals surface area contributed by atoms with Crippen molar-refractivity contribution in [2.24, 2.45) is 0 Å². The molecule has 0 aromatic heterocycles. The lowest BCUT2D eigenvalue weighted by molar-refractivity contribution is -0.110. The number of carbonyl (C=O) groups excluding carboxylic acids is 1. The summed E-state index contributed by atoms with van der Waals surface area (Å²) in [5, 5.41) is 12.8. The van der Waals surface area contributed by atoms with Gasteiger partial charge in [0.25, 0.3) is 5.91 Å². The van der Waals surface area contributed by atoms with Gasteiger partial charge in [0.1, 0.15) is 11.5 Å². The van der Waals surface area contributed by atoms with E-state index in [1.807, 2.05) is 0 Å². The maximum atomic E-state index is 12.3. The molecule has 0 atom stereocenters. The van der Waals surface area contributed by atoms with Crippen LogP contribution in [0.15, 0.2) is 30.3 Å². The van der Waals surface area contributed by atoms with Crippen molar-refractivity contribution in [3.8, 4) is 23.0 Å². The van der Waals surface area contributed by atoms with Gasteiger partial charge in [0.2, 0.25) is 0 Å². The van der Waals surface area contributed by atoms with Crippen molar-refractivity contribution in [3.05, 3.63) is 41.5 Å². The first kappa shape index (κ1) is 15.7. The van der Waals surface area contributed by atoms with Crippen LogP contribution >= 0.6 is 0 Å². The summed E-state index contributed by atoms with van der Waals surface area (Å²) in [6, 6.07) is 8.27. The number of hydrogen-bond acceptors (Lipinski definition) is 5. The quantitative estimate of drug-likeness (QED) is 0.844. The number of phenolic OH excluding ortho intramolecular Hbond substituents is 1. The minimum Gasteiger partial charge on any atom is -0.507 e. The molecule has 3 rings (SSSR count). The van der Waals surface area contributed by atoms with Crippen molar-refractivity contribution in [2.45, 2.75) is 0 Å². The highest BCUT2D eigenvalue weighted by atomic mass is 16.5. The van der Waals surface area contributed by atoms with E-state index in [0.717, 1.165) is 0 Å². The minimum atomic E-state index is -0.262. The molecule has 0 fully saturated rings. The first-order chi connectivity index (χ1) is 11.6. The summed E-state index contributed by atoms with van der Waals surface area (Å²) < 4.78 is 15.7. The van der Waals surface area contributed by atoms with Crippen molar-refractivity contribution in [3.63, 3.8) is 0 Å². The van der Waals surface area contributed by atoms with Gasteiger partial charge in [-0.15, -0.1) is 0 Å². The Balaban J connectivity index is 2.13. The van der Waals surface area contributed by atoms with Crippen LogP contribution in [0.4, 0.5) is 5.69 Å². The van der Waals surface area contributed by atoms with E-state index >= 15 is 0 Å². The molecule has 0 radical (unpaired) electrons. The summed E-state index contributed by atoms with van der Waals surface area (Å²) in [5.74, 6) is 1.44. The normalized spacial score (nSPS) is 14.3. The number of methoxy groups -OCH3 is 3. The second-order valence-corrected chi connectivity index (χ2v) is 5.19. The van der Waals surface area contributed by atoms with Gasteiger partial charge in [-0.25, -0.2) is 0 Å². The summed E-state index contributed by atoms with van der Waals surface area (Å²) in [5.41, 5.74) is 2.22.